The van der Waals surface area contributed by atoms with Crippen molar-refractivity contribution >= 4 is 18.0 Å². The highest BCUT2D eigenvalue weighted by atomic mass is 16.5. The molecule has 1 aromatic rings. The zero-order valence-corrected chi connectivity index (χ0v) is 15.4. The molecule has 2 fully saturated rings. The van der Waals surface area contributed by atoms with Gasteiger partial charge in [-0.25, -0.2) is 0 Å². The van der Waals surface area contributed by atoms with E-state index in [0.29, 0.717) is 23.8 Å². The summed E-state index contributed by atoms with van der Waals surface area (Å²) in [7, 11) is 1.58. The Hall–Kier alpha value is -2.36. The van der Waals surface area contributed by atoms with Gasteiger partial charge in [0.05, 0.1) is 18.7 Å². The van der Waals surface area contributed by atoms with E-state index in [1.165, 1.54) is 36.2 Å². The van der Waals surface area contributed by atoms with Crippen molar-refractivity contribution in [2.75, 3.05) is 12.0 Å². The predicted molar refractivity (Wildman–Crippen MR) is 101 cm³/mol. The molecule has 3 aliphatic rings. The molecule has 4 nitrogen and oxygen atoms in total. The lowest BCUT2D eigenvalue weighted by Gasteiger charge is -2.27. The third kappa shape index (κ3) is 2.59. The molecule has 1 aromatic carbocycles. The van der Waals surface area contributed by atoms with Crippen LogP contribution in [0.2, 0.25) is 0 Å². The van der Waals surface area contributed by atoms with Crippen LogP contribution in [0.25, 0.3) is 0 Å². The van der Waals surface area contributed by atoms with Crippen molar-refractivity contribution in [2.45, 2.75) is 32.6 Å². The lowest BCUT2D eigenvalue weighted by atomic mass is 9.83. The molecule has 0 heterocycles. The SMILES string of the molecule is COc1cccc(N(C=O)C(=O)[C@H]2[C@H](C)[C@@H]3C=C[C@@H]2C3=C2CCCC2)c1. The van der Waals surface area contributed by atoms with Crippen LogP contribution < -0.4 is 9.64 Å². The maximum Gasteiger partial charge on any atom is 0.237 e. The summed E-state index contributed by atoms with van der Waals surface area (Å²) in [6.07, 6.45) is 9.97. The molecule has 4 rings (SSSR count). The number of hydrogen-bond donors (Lipinski definition) is 0. The number of ether oxygens (including phenoxy) is 1. The lowest BCUT2D eigenvalue weighted by Crippen LogP contribution is -2.39. The Morgan fingerprint density at radius 2 is 1.92 bits per heavy atom. The summed E-state index contributed by atoms with van der Waals surface area (Å²) in [4.78, 5) is 26.4. The Balaban J connectivity index is 1.66. The number of imide groups is 1. The number of carbonyl (C=O) groups excluding carboxylic acids is 2. The predicted octanol–water partition coefficient (Wildman–Crippen LogP) is 4.12. The zero-order chi connectivity index (χ0) is 18.3. The monoisotopic (exact) mass is 351 g/mol. The molecular weight excluding hydrogens is 326 g/mol. The molecule has 0 unspecified atom stereocenters. The van der Waals surface area contributed by atoms with Crippen LogP contribution in [0.3, 0.4) is 0 Å². The highest BCUT2D eigenvalue weighted by molar-refractivity contribution is 6.08. The number of nitrogens with zero attached hydrogens (tertiary/aromatic N) is 1. The Morgan fingerprint density at radius 1 is 1.19 bits per heavy atom. The number of allylic oxidation sites excluding steroid dienone is 4. The number of amides is 2. The molecule has 2 amide bonds. The molecule has 136 valence electrons. The fourth-order valence-electron chi connectivity index (χ4n) is 5.09. The third-order valence-electron chi connectivity index (χ3n) is 6.34. The molecule has 4 heteroatoms. The third-order valence-corrected chi connectivity index (χ3v) is 6.34. The number of carbonyl (C=O) groups is 2. The Morgan fingerprint density at radius 3 is 2.62 bits per heavy atom. The molecule has 4 atom stereocenters. The minimum Gasteiger partial charge on any atom is -0.497 e. The number of methoxy groups -OCH3 is 1. The summed E-state index contributed by atoms with van der Waals surface area (Å²) >= 11 is 0. The number of hydrogen-bond acceptors (Lipinski definition) is 3. The van der Waals surface area contributed by atoms with E-state index in [1.807, 2.05) is 6.07 Å². The van der Waals surface area contributed by atoms with Gasteiger partial charge in [-0.3, -0.25) is 14.5 Å². The second-order valence-electron chi connectivity index (χ2n) is 7.60. The zero-order valence-electron chi connectivity index (χ0n) is 15.4. The van der Waals surface area contributed by atoms with Gasteiger partial charge in [-0.2, -0.15) is 0 Å². The minimum atomic E-state index is -0.162. The van der Waals surface area contributed by atoms with E-state index in [-0.39, 0.29) is 23.7 Å². The highest BCUT2D eigenvalue weighted by Crippen LogP contribution is 2.55. The maximum atomic E-state index is 13.3. The molecule has 0 aliphatic heterocycles. The van der Waals surface area contributed by atoms with Gasteiger partial charge in [0.2, 0.25) is 12.3 Å². The van der Waals surface area contributed by atoms with Crippen LogP contribution >= 0.6 is 0 Å². The van der Waals surface area contributed by atoms with Crippen LogP contribution in [-0.2, 0) is 9.59 Å². The fraction of sp³-hybridized carbons (Fsp3) is 0.455. The van der Waals surface area contributed by atoms with Crippen molar-refractivity contribution < 1.29 is 14.3 Å². The summed E-state index contributed by atoms with van der Waals surface area (Å²) < 4.78 is 5.24. The van der Waals surface area contributed by atoms with Crippen LogP contribution in [0.4, 0.5) is 5.69 Å². The first-order valence-corrected chi connectivity index (χ1v) is 9.48. The molecule has 0 N–H and O–H groups in total. The number of rotatable bonds is 4. The maximum absolute atomic E-state index is 13.3. The van der Waals surface area contributed by atoms with Crippen molar-refractivity contribution in [2.24, 2.45) is 23.7 Å². The first-order chi connectivity index (χ1) is 12.7. The van der Waals surface area contributed by atoms with Gasteiger partial charge in [0.25, 0.3) is 0 Å². The molecule has 0 radical (unpaired) electrons. The van der Waals surface area contributed by atoms with E-state index in [0.717, 1.165) is 0 Å². The second kappa shape index (κ2) is 6.75. The van der Waals surface area contributed by atoms with E-state index < -0.39 is 0 Å². The number of benzene rings is 1. The molecule has 0 saturated heterocycles. The van der Waals surface area contributed by atoms with Gasteiger partial charge in [0.15, 0.2) is 0 Å². The standard InChI is InChI=1S/C22H25NO3/c1-14-18-10-11-19(21(18)15-6-3-4-7-15)20(14)22(25)23(13-24)16-8-5-9-17(12-16)26-2/h5,8-14,18-20H,3-4,6-7H2,1-2H3/t14-,18+,19+,20+/m1/s1. The summed E-state index contributed by atoms with van der Waals surface area (Å²) in [5, 5.41) is 0. The molecule has 0 aromatic heterocycles. The van der Waals surface area contributed by atoms with Crippen LogP contribution in [0.15, 0.2) is 47.6 Å². The topological polar surface area (TPSA) is 46.6 Å². The van der Waals surface area contributed by atoms with E-state index in [2.05, 4.69) is 19.1 Å². The molecule has 3 aliphatic carbocycles. The summed E-state index contributed by atoms with van der Waals surface area (Å²) in [6, 6.07) is 7.12. The molecule has 26 heavy (non-hydrogen) atoms. The first kappa shape index (κ1) is 17.1. The highest BCUT2D eigenvalue weighted by Gasteiger charge is 2.51. The molecule has 2 bridgehead atoms. The van der Waals surface area contributed by atoms with Gasteiger partial charge in [-0.15, -0.1) is 0 Å². The van der Waals surface area contributed by atoms with Crippen LogP contribution in [0.5, 0.6) is 5.75 Å². The Labute approximate surface area is 154 Å². The van der Waals surface area contributed by atoms with Gasteiger partial charge in [0, 0.05) is 17.9 Å². The first-order valence-electron chi connectivity index (χ1n) is 9.48. The van der Waals surface area contributed by atoms with Gasteiger partial charge in [0.1, 0.15) is 5.75 Å². The van der Waals surface area contributed by atoms with Crippen molar-refractivity contribution in [1.82, 2.24) is 0 Å². The summed E-state index contributed by atoms with van der Waals surface area (Å²) in [6.45, 7) is 2.15. The smallest absolute Gasteiger partial charge is 0.237 e. The normalized spacial score (nSPS) is 29.3. The molecular formula is C22H25NO3. The van der Waals surface area contributed by atoms with E-state index in [1.54, 1.807) is 30.9 Å². The quantitative estimate of drug-likeness (QED) is 0.605. The van der Waals surface area contributed by atoms with Crippen LogP contribution in [-0.4, -0.2) is 19.4 Å². The average Bonchev–Trinajstić information content (AvgIpc) is 3.37. The fourth-order valence-corrected chi connectivity index (χ4v) is 5.09. The van der Waals surface area contributed by atoms with Crippen molar-refractivity contribution in [3.63, 3.8) is 0 Å². The van der Waals surface area contributed by atoms with Crippen molar-refractivity contribution in [3.8, 4) is 5.75 Å². The van der Waals surface area contributed by atoms with Crippen molar-refractivity contribution in [1.29, 1.82) is 0 Å². The Kier molecular flexibility index (Phi) is 4.43. The van der Waals surface area contributed by atoms with Gasteiger partial charge in [-0.05, 0) is 43.7 Å². The number of fused-ring (bicyclic) bond motifs is 2. The largest absolute Gasteiger partial charge is 0.497 e. The van der Waals surface area contributed by atoms with Gasteiger partial charge >= 0.3 is 0 Å². The average molecular weight is 351 g/mol. The van der Waals surface area contributed by atoms with Crippen LogP contribution in [0.1, 0.15) is 32.6 Å². The van der Waals surface area contributed by atoms with Gasteiger partial charge in [-0.1, -0.05) is 36.3 Å². The van der Waals surface area contributed by atoms with Gasteiger partial charge < -0.3 is 4.74 Å². The van der Waals surface area contributed by atoms with E-state index in [9.17, 15) is 9.59 Å². The lowest BCUT2D eigenvalue weighted by molar-refractivity contribution is -0.126. The molecule has 0 spiro atoms. The minimum absolute atomic E-state index is 0.103. The summed E-state index contributed by atoms with van der Waals surface area (Å²) in [5.74, 6) is 1.12. The van der Waals surface area contributed by atoms with Crippen molar-refractivity contribution in [3.05, 3.63) is 47.6 Å². The second-order valence-corrected chi connectivity index (χ2v) is 7.60. The summed E-state index contributed by atoms with van der Waals surface area (Å²) in [5.41, 5.74) is 3.61. The molecule has 2 saturated carbocycles. The number of anilines is 1. The van der Waals surface area contributed by atoms with E-state index >= 15 is 0 Å². The van der Waals surface area contributed by atoms with E-state index in [4.69, 9.17) is 4.74 Å². The van der Waals surface area contributed by atoms with Crippen LogP contribution in [0, 0.1) is 23.7 Å². The Bertz CT molecular complexity index is 786.